The zero-order valence-corrected chi connectivity index (χ0v) is 14.0. The number of rotatable bonds is 2. The monoisotopic (exact) mass is 299 g/mol. The lowest BCUT2D eigenvalue weighted by Crippen LogP contribution is -2.55. The van der Waals surface area contributed by atoms with Gasteiger partial charge >= 0.3 is 6.09 Å². The van der Waals surface area contributed by atoms with E-state index in [2.05, 4.69) is 6.92 Å². The second-order valence-corrected chi connectivity index (χ2v) is 7.22. The van der Waals surface area contributed by atoms with Crippen LogP contribution in [0.4, 0.5) is 4.79 Å². The minimum absolute atomic E-state index is 0.150. The fraction of sp³-hybridized carbons (Fsp3) is 0.938. The van der Waals surface area contributed by atoms with Crippen molar-refractivity contribution in [1.29, 1.82) is 0 Å². The van der Waals surface area contributed by atoms with Gasteiger partial charge in [-0.05, 0) is 40.0 Å². The highest BCUT2D eigenvalue weighted by molar-refractivity contribution is 5.69. The summed E-state index contributed by atoms with van der Waals surface area (Å²) in [7, 11) is 1.85. The van der Waals surface area contributed by atoms with Crippen LogP contribution in [0.25, 0.3) is 0 Å². The molecule has 1 saturated heterocycles. The zero-order valence-electron chi connectivity index (χ0n) is 14.0. The third kappa shape index (κ3) is 3.51. The number of hydrogen-bond donors (Lipinski definition) is 0. The molecule has 5 heteroatoms. The molecule has 1 aliphatic heterocycles. The summed E-state index contributed by atoms with van der Waals surface area (Å²) in [6.45, 7) is 9.19. The lowest BCUT2D eigenvalue weighted by molar-refractivity contribution is -0.192. The predicted octanol–water partition coefficient (Wildman–Crippen LogP) is 3.32. The van der Waals surface area contributed by atoms with E-state index in [1.807, 2.05) is 27.8 Å². The smallest absolute Gasteiger partial charge is 0.410 e. The number of carbonyl (C=O) groups excluding carboxylic acids is 1. The number of ether oxygens (including phenoxy) is 3. The van der Waals surface area contributed by atoms with E-state index in [0.717, 1.165) is 32.1 Å². The van der Waals surface area contributed by atoms with Crippen LogP contribution >= 0.6 is 0 Å². The maximum Gasteiger partial charge on any atom is 0.410 e. The Bertz CT molecular complexity index is 372. The predicted molar refractivity (Wildman–Crippen MR) is 80.1 cm³/mol. The second kappa shape index (κ2) is 5.76. The average molecular weight is 299 g/mol. The summed E-state index contributed by atoms with van der Waals surface area (Å²) < 4.78 is 17.1. The number of hydrogen-bond acceptors (Lipinski definition) is 4. The maximum absolute atomic E-state index is 12.4. The molecule has 1 saturated carbocycles. The molecule has 2 fully saturated rings. The summed E-state index contributed by atoms with van der Waals surface area (Å²) in [5.41, 5.74) is -0.614. The fourth-order valence-electron chi connectivity index (χ4n) is 3.33. The van der Waals surface area contributed by atoms with Crippen molar-refractivity contribution in [2.24, 2.45) is 0 Å². The molecule has 0 N–H and O–H groups in total. The number of nitrogens with zero attached hydrogens (tertiary/aromatic N) is 1. The van der Waals surface area contributed by atoms with Crippen LogP contribution in [-0.4, -0.2) is 48.2 Å². The molecule has 0 aromatic carbocycles. The molecule has 0 bridgehead atoms. The van der Waals surface area contributed by atoms with Crippen LogP contribution in [0.2, 0.25) is 0 Å². The number of amides is 1. The lowest BCUT2D eigenvalue weighted by Gasteiger charge is -2.48. The number of carbonyl (C=O) groups is 1. The van der Waals surface area contributed by atoms with Crippen LogP contribution in [-0.2, 0) is 14.2 Å². The fourth-order valence-corrected chi connectivity index (χ4v) is 3.33. The quantitative estimate of drug-likeness (QED) is 0.785. The van der Waals surface area contributed by atoms with Crippen LogP contribution in [0.1, 0.15) is 59.8 Å². The minimum atomic E-state index is -0.464. The molecule has 0 unspecified atom stereocenters. The van der Waals surface area contributed by atoms with E-state index in [0.29, 0.717) is 13.2 Å². The molecule has 2 rings (SSSR count). The van der Waals surface area contributed by atoms with E-state index in [1.54, 1.807) is 4.90 Å². The van der Waals surface area contributed by atoms with Crippen LogP contribution in [0, 0.1) is 0 Å². The van der Waals surface area contributed by atoms with Gasteiger partial charge in [0, 0.05) is 25.4 Å². The molecule has 21 heavy (non-hydrogen) atoms. The average Bonchev–Trinajstić information content (AvgIpc) is 2.86. The van der Waals surface area contributed by atoms with Crippen molar-refractivity contribution < 1.29 is 19.0 Å². The Morgan fingerprint density at radius 1 is 1.14 bits per heavy atom. The molecule has 2 aliphatic rings. The van der Waals surface area contributed by atoms with E-state index < -0.39 is 11.4 Å². The van der Waals surface area contributed by atoms with Gasteiger partial charge in [0.15, 0.2) is 5.79 Å². The van der Waals surface area contributed by atoms with Gasteiger partial charge in [-0.2, -0.15) is 0 Å². The molecule has 0 atom stereocenters. The zero-order chi connectivity index (χ0) is 15.7. The Hall–Kier alpha value is -0.810. The summed E-state index contributed by atoms with van der Waals surface area (Å²) >= 11 is 0. The van der Waals surface area contributed by atoms with Crippen molar-refractivity contribution in [3.05, 3.63) is 0 Å². The van der Waals surface area contributed by atoms with Crippen LogP contribution in [0.5, 0.6) is 0 Å². The van der Waals surface area contributed by atoms with E-state index in [4.69, 9.17) is 14.2 Å². The SMILES string of the molecule is CCC1(N(C)C(=O)OC(C)(C)C)CCC2(CC1)OCCO2. The van der Waals surface area contributed by atoms with Gasteiger partial charge in [-0.3, -0.25) is 0 Å². The van der Waals surface area contributed by atoms with Gasteiger partial charge in [-0.1, -0.05) is 6.92 Å². The molecule has 0 aromatic heterocycles. The van der Waals surface area contributed by atoms with E-state index in [1.165, 1.54) is 0 Å². The molecule has 0 aromatic rings. The topological polar surface area (TPSA) is 48.0 Å². The first-order valence-corrected chi connectivity index (χ1v) is 7.97. The molecule has 122 valence electrons. The standard InChI is InChI=1S/C16H29NO4/c1-6-15(17(5)13(18)21-14(2,3)4)7-9-16(10-8-15)19-11-12-20-16/h6-12H2,1-5H3. The third-order valence-corrected chi connectivity index (χ3v) is 4.79. The van der Waals surface area contributed by atoms with Gasteiger partial charge in [0.1, 0.15) is 5.60 Å². The Morgan fingerprint density at radius 3 is 2.10 bits per heavy atom. The molecule has 1 amide bonds. The van der Waals surface area contributed by atoms with Gasteiger partial charge in [0.2, 0.25) is 0 Å². The Kier molecular flexibility index (Phi) is 4.54. The molecule has 1 heterocycles. The Morgan fingerprint density at radius 2 is 1.67 bits per heavy atom. The molecular formula is C16H29NO4. The normalized spacial score (nSPS) is 24.0. The first-order chi connectivity index (χ1) is 9.72. The Labute approximate surface area is 127 Å². The molecule has 5 nitrogen and oxygen atoms in total. The second-order valence-electron chi connectivity index (χ2n) is 7.22. The van der Waals surface area contributed by atoms with Gasteiger partial charge < -0.3 is 19.1 Å². The van der Waals surface area contributed by atoms with Crippen molar-refractivity contribution in [3.8, 4) is 0 Å². The van der Waals surface area contributed by atoms with Gasteiger partial charge in [0.05, 0.1) is 13.2 Å². The van der Waals surface area contributed by atoms with E-state index in [9.17, 15) is 4.79 Å². The highest BCUT2D eigenvalue weighted by Gasteiger charge is 2.48. The van der Waals surface area contributed by atoms with E-state index >= 15 is 0 Å². The highest BCUT2D eigenvalue weighted by Crippen LogP contribution is 2.44. The largest absolute Gasteiger partial charge is 0.444 e. The summed E-state index contributed by atoms with van der Waals surface area (Å²) in [4.78, 5) is 14.2. The first-order valence-electron chi connectivity index (χ1n) is 7.97. The summed E-state index contributed by atoms with van der Waals surface area (Å²) in [5, 5.41) is 0. The van der Waals surface area contributed by atoms with Crippen LogP contribution < -0.4 is 0 Å². The first kappa shape index (κ1) is 16.6. The minimum Gasteiger partial charge on any atom is -0.444 e. The summed E-state index contributed by atoms with van der Waals surface area (Å²) in [5.74, 6) is -0.395. The Balaban J connectivity index is 2.03. The molecule has 1 spiro atoms. The lowest BCUT2D eigenvalue weighted by atomic mass is 9.76. The van der Waals surface area contributed by atoms with Gasteiger partial charge in [0.25, 0.3) is 0 Å². The van der Waals surface area contributed by atoms with Crippen molar-refractivity contribution >= 4 is 6.09 Å². The third-order valence-electron chi connectivity index (χ3n) is 4.79. The molecular weight excluding hydrogens is 270 g/mol. The molecule has 1 aliphatic carbocycles. The summed E-state index contributed by atoms with van der Waals surface area (Å²) in [6.07, 6.45) is 4.13. The van der Waals surface area contributed by atoms with E-state index in [-0.39, 0.29) is 11.6 Å². The van der Waals surface area contributed by atoms with Crippen molar-refractivity contribution in [3.63, 3.8) is 0 Å². The molecule has 0 radical (unpaired) electrons. The maximum atomic E-state index is 12.4. The van der Waals surface area contributed by atoms with Crippen LogP contribution in [0.15, 0.2) is 0 Å². The van der Waals surface area contributed by atoms with Crippen molar-refractivity contribution in [2.75, 3.05) is 20.3 Å². The van der Waals surface area contributed by atoms with Crippen molar-refractivity contribution in [2.45, 2.75) is 76.7 Å². The highest BCUT2D eigenvalue weighted by atomic mass is 16.7. The van der Waals surface area contributed by atoms with Crippen molar-refractivity contribution in [1.82, 2.24) is 4.90 Å². The van der Waals surface area contributed by atoms with Crippen LogP contribution in [0.3, 0.4) is 0 Å². The summed E-state index contributed by atoms with van der Waals surface area (Å²) in [6, 6.07) is 0. The van der Waals surface area contributed by atoms with Gasteiger partial charge in [-0.25, -0.2) is 4.79 Å². The van der Waals surface area contributed by atoms with Gasteiger partial charge in [-0.15, -0.1) is 0 Å².